The van der Waals surface area contributed by atoms with Crippen LogP contribution in [-0.2, 0) is 11.3 Å². The largest absolute Gasteiger partial charge is 0.340 e. The molecule has 0 radical (unpaired) electrons. The summed E-state index contributed by atoms with van der Waals surface area (Å²) in [6.07, 6.45) is 0.713. The molecule has 4 nitrogen and oxygen atoms in total. The number of imidazole rings is 1. The van der Waals surface area contributed by atoms with E-state index in [9.17, 15) is 9.18 Å². The zero-order valence-corrected chi connectivity index (χ0v) is 13.4. The molecule has 1 heterocycles. The van der Waals surface area contributed by atoms with Gasteiger partial charge >= 0.3 is 0 Å². The molecule has 0 unspecified atom stereocenters. The molecule has 1 saturated carbocycles. The predicted molar refractivity (Wildman–Crippen MR) is 89.8 cm³/mol. The summed E-state index contributed by atoms with van der Waals surface area (Å²) >= 11 is 0. The molecule has 1 fully saturated rings. The van der Waals surface area contributed by atoms with Gasteiger partial charge in [0, 0.05) is 13.0 Å². The molecule has 1 amide bonds. The maximum atomic E-state index is 13.8. The lowest BCUT2D eigenvalue weighted by atomic mass is 10.1. The number of aromatic nitrogens is 2. The van der Waals surface area contributed by atoms with Gasteiger partial charge in [0.1, 0.15) is 11.6 Å². The van der Waals surface area contributed by atoms with Crippen molar-refractivity contribution in [1.29, 1.82) is 0 Å². The van der Waals surface area contributed by atoms with Gasteiger partial charge in [0.2, 0.25) is 5.91 Å². The Kier molecular flexibility index (Phi) is 3.56. The summed E-state index contributed by atoms with van der Waals surface area (Å²) in [4.78, 5) is 22.0. The van der Waals surface area contributed by atoms with Gasteiger partial charge in [-0.1, -0.05) is 30.3 Å². The minimum absolute atomic E-state index is 0.00294. The van der Waals surface area contributed by atoms with E-state index in [0.29, 0.717) is 18.5 Å². The molecule has 3 aromatic rings. The Morgan fingerprint density at radius 3 is 2.79 bits per heavy atom. The van der Waals surface area contributed by atoms with Crippen LogP contribution in [0.1, 0.15) is 23.7 Å². The number of hydrogen-bond donors (Lipinski definition) is 1. The molecule has 2 aromatic carbocycles. The highest BCUT2D eigenvalue weighted by Crippen LogP contribution is 2.49. The number of rotatable bonds is 4. The number of nitrogens with one attached hydrogen (secondary N) is 1. The van der Waals surface area contributed by atoms with Crippen LogP contribution >= 0.6 is 0 Å². The molecule has 1 aliphatic rings. The summed E-state index contributed by atoms with van der Waals surface area (Å²) in [7, 11) is 1.77. The van der Waals surface area contributed by atoms with E-state index in [-0.39, 0.29) is 23.6 Å². The molecular weight excluding hydrogens is 305 g/mol. The van der Waals surface area contributed by atoms with E-state index in [1.165, 1.54) is 6.07 Å². The normalized spacial score (nSPS) is 19.4. The van der Waals surface area contributed by atoms with E-state index in [0.717, 1.165) is 16.9 Å². The number of fused-ring (bicyclic) bond motifs is 1. The lowest BCUT2D eigenvalue weighted by Crippen LogP contribution is -2.28. The maximum Gasteiger partial charge on any atom is 0.226 e. The molecule has 1 aliphatic carbocycles. The van der Waals surface area contributed by atoms with Gasteiger partial charge in [0.05, 0.1) is 17.6 Å². The Hall–Kier alpha value is -2.69. The van der Waals surface area contributed by atoms with Crippen molar-refractivity contribution >= 4 is 16.9 Å². The summed E-state index contributed by atoms with van der Waals surface area (Å²) in [5.41, 5.74) is 2.50. The first-order valence-corrected chi connectivity index (χ1v) is 8.06. The maximum absolute atomic E-state index is 13.8. The summed E-state index contributed by atoms with van der Waals surface area (Å²) in [6, 6.07) is 14.5. The third kappa shape index (κ3) is 2.66. The fourth-order valence-corrected chi connectivity index (χ4v) is 3.25. The molecule has 0 saturated heterocycles. The number of hydrogen-bond acceptors (Lipinski definition) is 2. The van der Waals surface area contributed by atoms with Crippen LogP contribution in [0.3, 0.4) is 0 Å². The Bertz CT molecular complexity index is 871. The van der Waals surface area contributed by atoms with Crippen LogP contribution in [0.25, 0.3) is 11.0 Å². The van der Waals surface area contributed by atoms with Crippen molar-refractivity contribution < 1.29 is 9.18 Å². The number of benzene rings is 2. The number of H-pyrrole nitrogens is 1. The first kappa shape index (κ1) is 14.9. The lowest BCUT2D eigenvalue weighted by Gasteiger charge is -2.15. The van der Waals surface area contributed by atoms with Crippen molar-refractivity contribution in [3.63, 3.8) is 0 Å². The van der Waals surface area contributed by atoms with Crippen LogP contribution in [0.15, 0.2) is 48.5 Å². The number of aromatic amines is 1. The van der Waals surface area contributed by atoms with Crippen molar-refractivity contribution in [1.82, 2.24) is 14.9 Å². The van der Waals surface area contributed by atoms with Crippen LogP contribution in [0, 0.1) is 11.7 Å². The molecule has 0 aliphatic heterocycles. The van der Waals surface area contributed by atoms with E-state index in [2.05, 4.69) is 9.97 Å². The average Bonchev–Trinajstić information content (AvgIpc) is 3.26. The topological polar surface area (TPSA) is 49.0 Å². The van der Waals surface area contributed by atoms with Crippen LogP contribution in [0.5, 0.6) is 0 Å². The minimum Gasteiger partial charge on any atom is -0.340 e. The molecule has 2 atom stereocenters. The molecule has 5 heteroatoms. The SMILES string of the molecule is CN(Cc1nc2ccccc2[nH]1)C(=O)[C@H]1C[C@@H]1c1ccccc1F. The van der Waals surface area contributed by atoms with Gasteiger partial charge in [-0.3, -0.25) is 4.79 Å². The third-order valence-corrected chi connectivity index (χ3v) is 4.61. The average molecular weight is 323 g/mol. The third-order valence-electron chi connectivity index (χ3n) is 4.61. The van der Waals surface area contributed by atoms with E-state index >= 15 is 0 Å². The van der Waals surface area contributed by atoms with Gasteiger partial charge in [-0.05, 0) is 36.1 Å². The molecular formula is C19H18FN3O. The molecule has 4 rings (SSSR count). The van der Waals surface area contributed by atoms with Gasteiger partial charge in [-0.25, -0.2) is 9.37 Å². The number of halogens is 1. The summed E-state index contributed by atoms with van der Waals surface area (Å²) in [5, 5.41) is 0. The number of carbonyl (C=O) groups is 1. The second-order valence-corrected chi connectivity index (χ2v) is 6.37. The first-order valence-electron chi connectivity index (χ1n) is 8.06. The molecule has 1 N–H and O–H groups in total. The number of carbonyl (C=O) groups excluding carboxylic acids is 1. The molecule has 1 aromatic heterocycles. The van der Waals surface area contributed by atoms with Crippen LogP contribution in [0.4, 0.5) is 4.39 Å². The summed E-state index contributed by atoms with van der Waals surface area (Å²) in [6.45, 7) is 0.425. The smallest absolute Gasteiger partial charge is 0.226 e. The zero-order valence-electron chi connectivity index (χ0n) is 13.4. The van der Waals surface area contributed by atoms with Crippen LogP contribution in [0.2, 0.25) is 0 Å². The van der Waals surface area contributed by atoms with Gasteiger partial charge < -0.3 is 9.88 Å². The molecule has 0 spiro atoms. The van der Waals surface area contributed by atoms with Gasteiger partial charge in [-0.2, -0.15) is 0 Å². The Labute approximate surface area is 139 Å². The van der Waals surface area contributed by atoms with E-state index in [1.54, 1.807) is 24.1 Å². The van der Waals surface area contributed by atoms with Crippen LogP contribution < -0.4 is 0 Å². The standard InChI is InChI=1S/C19H18FN3O/c1-23(11-18-21-16-8-4-5-9-17(16)22-18)19(24)14-10-13(14)12-6-2-3-7-15(12)20/h2-9,13-14H,10-11H2,1H3,(H,21,22)/t13-,14+/m1/s1. The predicted octanol–water partition coefficient (Wildman–Crippen LogP) is 3.46. The van der Waals surface area contributed by atoms with Crippen molar-refractivity contribution in [3.8, 4) is 0 Å². The quantitative estimate of drug-likeness (QED) is 0.799. The summed E-state index contributed by atoms with van der Waals surface area (Å²) in [5.74, 6) is 0.449. The second-order valence-electron chi connectivity index (χ2n) is 6.37. The van der Waals surface area contributed by atoms with Crippen LogP contribution in [-0.4, -0.2) is 27.8 Å². The fraction of sp³-hybridized carbons (Fsp3) is 0.263. The first-order chi connectivity index (χ1) is 11.6. The number of para-hydroxylation sites is 2. The monoisotopic (exact) mass is 323 g/mol. The van der Waals surface area contributed by atoms with Crippen molar-refractivity contribution in [2.75, 3.05) is 7.05 Å². The minimum atomic E-state index is -0.224. The van der Waals surface area contributed by atoms with Crippen molar-refractivity contribution in [2.45, 2.75) is 18.9 Å². The molecule has 24 heavy (non-hydrogen) atoms. The number of amides is 1. The lowest BCUT2D eigenvalue weighted by molar-refractivity contribution is -0.132. The van der Waals surface area contributed by atoms with Gasteiger partial charge in [0.15, 0.2) is 0 Å². The van der Waals surface area contributed by atoms with Crippen molar-refractivity contribution in [3.05, 3.63) is 65.7 Å². The molecule has 0 bridgehead atoms. The van der Waals surface area contributed by atoms with E-state index < -0.39 is 0 Å². The Balaban J connectivity index is 1.44. The Morgan fingerprint density at radius 1 is 1.25 bits per heavy atom. The van der Waals surface area contributed by atoms with Gasteiger partial charge in [0.25, 0.3) is 0 Å². The van der Waals surface area contributed by atoms with E-state index in [1.807, 2.05) is 30.3 Å². The highest BCUT2D eigenvalue weighted by Gasteiger charge is 2.46. The second kappa shape index (κ2) is 5.74. The fourth-order valence-electron chi connectivity index (χ4n) is 3.25. The zero-order chi connectivity index (χ0) is 16.7. The van der Waals surface area contributed by atoms with E-state index in [4.69, 9.17) is 0 Å². The molecule has 122 valence electrons. The van der Waals surface area contributed by atoms with Gasteiger partial charge in [-0.15, -0.1) is 0 Å². The highest BCUT2D eigenvalue weighted by atomic mass is 19.1. The van der Waals surface area contributed by atoms with Crippen molar-refractivity contribution in [2.24, 2.45) is 5.92 Å². The Morgan fingerprint density at radius 2 is 2.00 bits per heavy atom. The highest BCUT2D eigenvalue weighted by molar-refractivity contribution is 5.83. The summed E-state index contributed by atoms with van der Waals surface area (Å²) < 4.78 is 13.8. The number of nitrogens with zero attached hydrogens (tertiary/aromatic N) is 2.